The maximum Gasteiger partial charge on any atom is 0.321 e. The Bertz CT molecular complexity index is 579. The van der Waals surface area contributed by atoms with Crippen molar-refractivity contribution < 1.29 is 19.4 Å². The molecule has 1 aromatic rings. The van der Waals surface area contributed by atoms with Crippen LogP contribution in [0.25, 0.3) is 0 Å². The molecule has 0 aromatic heterocycles. The average molecular weight is 371 g/mol. The normalized spacial score (nSPS) is 21.3. The average Bonchev–Trinajstić information content (AvgIpc) is 2.46. The molecule has 1 heterocycles. The predicted octanol–water partition coefficient (Wildman–Crippen LogP) is 3.03. The minimum Gasteiger partial charge on any atom is -0.495 e. The van der Waals surface area contributed by atoms with Crippen molar-refractivity contribution in [2.75, 3.05) is 25.5 Å². The Hall–Kier alpha value is -1.76. The number of rotatable bonds is 3. The first-order chi connectivity index (χ1) is 10.4. The third-order valence-electron chi connectivity index (χ3n) is 3.70. The summed E-state index contributed by atoms with van der Waals surface area (Å²) in [6.45, 7) is 2.73. The highest BCUT2D eigenvalue weighted by molar-refractivity contribution is 9.10. The standard InChI is InChI=1S/C15H19BrN2O4/c1-9-5-10(14(19)20)8-18(7-9)15(21)17-12-6-11(16)3-4-13(12)22-2/h3-4,6,9-10H,5,7-8H2,1-2H3,(H,17,21)(H,19,20). The second kappa shape index (κ2) is 7.00. The first-order valence-electron chi connectivity index (χ1n) is 7.03. The van der Waals surface area contributed by atoms with Crippen LogP contribution < -0.4 is 10.1 Å². The van der Waals surface area contributed by atoms with Gasteiger partial charge in [-0.1, -0.05) is 22.9 Å². The van der Waals surface area contributed by atoms with Crippen LogP contribution in [-0.4, -0.2) is 42.2 Å². The number of carboxylic acid groups (broad SMARTS) is 1. The lowest BCUT2D eigenvalue weighted by atomic mass is 9.91. The lowest BCUT2D eigenvalue weighted by Crippen LogP contribution is -2.47. The van der Waals surface area contributed by atoms with Crippen molar-refractivity contribution in [2.45, 2.75) is 13.3 Å². The Kier molecular flexibility index (Phi) is 5.28. The molecule has 1 aromatic carbocycles. The molecular formula is C15H19BrN2O4. The second-order valence-electron chi connectivity index (χ2n) is 5.56. The number of aliphatic carboxylic acids is 1. The number of hydrogen-bond acceptors (Lipinski definition) is 3. The highest BCUT2D eigenvalue weighted by atomic mass is 79.9. The largest absolute Gasteiger partial charge is 0.495 e. The molecule has 1 fully saturated rings. The van der Waals surface area contributed by atoms with Gasteiger partial charge >= 0.3 is 12.0 Å². The maximum atomic E-state index is 12.4. The summed E-state index contributed by atoms with van der Waals surface area (Å²) in [6, 6.07) is 5.00. The Morgan fingerprint density at radius 3 is 2.77 bits per heavy atom. The highest BCUT2D eigenvalue weighted by Gasteiger charge is 2.32. The smallest absolute Gasteiger partial charge is 0.321 e. The first-order valence-corrected chi connectivity index (χ1v) is 7.82. The molecule has 0 aliphatic carbocycles. The second-order valence-corrected chi connectivity index (χ2v) is 6.47. The molecule has 0 saturated carbocycles. The number of methoxy groups -OCH3 is 1. The van der Waals surface area contributed by atoms with Gasteiger partial charge in [0, 0.05) is 17.6 Å². The SMILES string of the molecule is COc1ccc(Br)cc1NC(=O)N1CC(C)CC(C(=O)O)C1. The van der Waals surface area contributed by atoms with Crippen molar-refractivity contribution in [3.05, 3.63) is 22.7 Å². The summed E-state index contributed by atoms with van der Waals surface area (Å²) in [7, 11) is 1.53. The van der Waals surface area contributed by atoms with Gasteiger partial charge in [-0.2, -0.15) is 0 Å². The number of likely N-dealkylation sites (tertiary alicyclic amines) is 1. The number of amides is 2. The molecule has 1 saturated heterocycles. The molecule has 2 N–H and O–H groups in total. The minimum absolute atomic E-state index is 0.157. The lowest BCUT2D eigenvalue weighted by molar-refractivity contribution is -0.143. The zero-order valence-corrected chi connectivity index (χ0v) is 14.1. The van der Waals surface area contributed by atoms with E-state index in [9.17, 15) is 14.7 Å². The number of ether oxygens (including phenoxy) is 1. The van der Waals surface area contributed by atoms with Crippen molar-refractivity contribution in [3.8, 4) is 5.75 Å². The van der Waals surface area contributed by atoms with Crippen molar-refractivity contribution in [2.24, 2.45) is 11.8 Å². The van der Waals surface area contributed by atoms with Gasteiger partial charge in [0.2, 0.25) is 0 Å². The van der Waals surface area contributed by atoms with Gasteiger partial charge in [0.05, 0.1) is 18.7 Å². The summed E-state index contributed by atoms with van der Waals surface area (Å²) in [5.74, 6) is -0.662. The Balaban J connectivity index is 2.11. The van der Waals surface area contributed by atoms with E-state index in [1.165, 1.54) is 7.11 Å². The number of hydrogen-bond donors (Lipinski definition) is 2. The van der Waals surface area contributed by atoms with Crippen LogP contribution in [-0.2, 0) is 4.79 Å². The molecule has 120 valence electrons. The van der Waals surface area contributed by atoms with E-state index in [1.807, 2.05) is 13.0 Å². The van der Waals surface area contributed by atoms with E-state index in [-0.39, 0.29) is 18.5 Å². The first kappa shape index (κ1) is 16.6. The monoisotopic (exact) mass is 370 g/mol. The minimum atomic E-state index is -0.857. The number of halogens is 1. The van der Waals surface area contributed by atoms with Crippen LogP contribution in [0.1, 0.15) is 13.3 Å². The molecule has 2 amide bonds. The molecule has 0 spiro atoms. The van der Waals surface area contributed by atoms with E-state index in [0.29, 0.717) is 24.4 Å². The number of nitrogens with zero attached hydrogens (tertiary/aromatic N) is 1. The Labute approximate surface area is 137 Å². The third-order valence-corrected chi connectivity index (χ3v) is 4.19. The fourth-order valence-electron chi connectivity index (χ4n) is 2.67. The highest BCUT2D eigenvalue weighted by Crippen LogP contribution is 2.29. The molecular weight excluding hydrogens is 352 g/mol. The van der Waals surface area contributed by atoms with E-state index in [0.717, 1.165) is 4.47 Å². The molecule has 6 nitrogen and oxygen atoms in total. The van der Waals surface area contributed by atoms with Crippen LogP contribution in [0.3, 0.4) is 0 Å². The summed E-state index contributed by atoms with van der Waals surface area (Å²) in [6.07, 6.45) is 0.597. The molecule has 1 aliphatic rings. The molecule has 2 rings (SSSR count). The van der Waals surface area contributed by atoms with Gasteiger partial charge in [-0.15, -0.1) is 0 Å². The number of piperidine rings is 1. The van der Waals surface area contributed by atoms with Crippen molar-refractivity contribution in [1.29, 1.82) is 0 Å². The number of urea groups is 1. The van der Waals surface area contributed by atoms with Crippen molar-refractivity contribution in [3.63, 3.8) is 0 Å². The molecule has 7 heteroatoms. The van der Waals surface area contributed by atoms with E-state index in [4.69, 9.17) is 4.74 Å². The quantitative estimate of drug-likeness (QED) is 0.856. The van der Waals surface area contributed by atoms with Crippen LogP contribution in [0.2, 0.25) is 0 Å². The van der Waals surface area contributed by atoms with Gasteiger partial charge < -0.3 is 20.1 Å². The summed E-state index contributed by atoms with van der Waals surface area (Å²) >= 11 is 3.35. The van der Waals surface area contributed by atoms with E-state index in [2.05, 4.69) is 21.2 Å². The summed E-state index contributed by atoms with van der Waals surface area (Å²) < 4.78 is 6.04. The summed E-state index contributed by atoms with van der Waals surface area (Å²) in [5.41, 5.74) is 0.548. The zero-order chi connectivity index (χ0) is 16.3. The topological polar surface area (TPSA) is 78.9 Å². The number of anilines is 1. The van der Waals surface area contributed by atoms with Crippen LogP contribution >= 0.6 is 15.9 Å². The van der Waals surface area contributed by atoms with Gasteiger partial charge in [-0.05, 0) is 30.5 Å². The van der Waals surface area contributed by atoms with E-state index < -0.39 is 11.9 Å². The molecule has 2 unspecified atom stereocenters. The van der Waals surface area contributed by atoms with Gasteiger partial charge in [-0.3, -0.25) is 4.79 Å². The van der Waals surface area contributed by atoms with Crippen LogP contribution in [0.5, 0.6) is 5.75 Å². The number of carbonyl (C=O) groups excluding carboxylic acids is 1. The van der Waals surface area contributed by atoms with Crippen LogP contribution in [0.15, 0.2) is 22.7 Å². The summed E-state index contributed by atoms with van der Waals surface area (Å²) in [5, 5.41) is 12.0. The van der Waals surface area contributed by atoms with Crippen LogP contribution in [0, 0.1) is 11.8 Å². The fourth-order valence-corrected chi connectivity index (χ4v) is 3.03. The maximum absolute atomic E-state index is 12.4. The Morgan fingerprint density at radius 1 is 1.41 bits per heavy atom. The molecule has 2 atom stereocenters. The summed E-state index contributed by atoms with van der Waals surface area (Å²) in [4.78, 5) is 25.1. The van der Waals surface area contributed by atoms with Gasteiger partial charge in [0.1, 0.15) is 5.75 Å². The number of nitrogens with one attached hydrogen (secondary N) is 1. The van der Waals surface area contributed by atoms with E-state index >= 15 is 0 Å². The predicted molar refractivity (Wildman–Crippen MR) is 86.2 cm³/mol. The lowest BCUT2D eigenvalue weighted by Gasteiger charge is -2.34. The van der Waals surface area contributed by atoms with Crippen molar-refractivity contribution >= 4 is 33.6 Å². The van der Waals surface area contributed by atoms with Gasteiger partial charge in [-0.25, -0.2) is 4.79 Å². The van der Waals surface area contributed by atoms with Gasteiger partial charge in [0.25, 0.3) is 0 Å². The number of carboxylic acids is 1. The molecule has 22 heavy (non-hydrogen) atoms. The van der Waals surface area contributed by atoms with Crippen molar-refractivity contribution in [1.82, 2.24) is 4.90 Å². The van der Waals surface area contributed by atoms with E-state index in [1.54, 1.807) is 17.0 Å². The third kappa shape index (κ3) is 3.91. The number of carbonyl (C=O) groups is 2. The van der Waals surface area contributed by atoms with Crippen LogP contribution in [0.4, 0.5) is 10.5 Å². The molecule has 0 radical (unpaired) electrons. The molecule has 1 aliphatic heterocycles. The van der Waals surface area contributed by atoms with Gasteiger partial charge in [0.15, 0.2) is 0 Å². The zero-order valence-electron chi connectivity index (χ0n) is 12.5. The Morgan fingerprint density at radius 2 is 2.14 bits per heavy atom. The number of benzene rings is 1. The fraction of sp³-hybridized carbons (Fsp3) is 0.467. The molecule has 0 bridgehead atoms.